The number of nitrogens with one attached hydrogen (secondary N) is 1. The lowest BCUT2D eigenvalue weighted by Gasteiger charge is -2.13. The Labute approximate surface area is 185 Å². The van der Waals surface area contributed by atoms with Gasteiger partial charge in [-0.3, -0.25) is 4.79 Å². The number of para-hydroxylation sites is 1. The van der Waals surface area contributed by atoms with Crippen molar-refractivity contribution in [3.63, 3.8) is 0 Å². The number of rotatable bonds is 11. The summed E-state index contributed by atoms with van der Waals surface area (Å²) in [4.78, 5) is 12.7. The Hall–Kier alpha value is -3.26. The highest BCUT2D eigenvalue weighted by atomic mass is 16.5. The van der Waals surface area contributed by atoms with Crippen LogP contribution in [0, 0.1) is 11.3 Å². The van der Waals surface area contributed by atoms with E-state index in [1.54, 1.807) is 19.3 Å². The molecule has 0 saturated heterocycles. The predicted molar refractivity (Wildman–Crippen MR) is 125 cm³/mol. The summed E-state index contributed by atoms with van der Waals surface area (Å²) in [5.74, 6) is 1.05. The van der Waals surface area contributed by atoms with Gasteiger partial charge in [0.1, 0.15) is 11.6 Å². The van der Waals surface area contributed by atoms with Gasteiger partial charge in [-0.05, 0) is 47.7 Å². The molecule has 5 nitrogen and oxygen atoms in total. The van der Waals surface area contributed by atoms with Crippen LogP contribution < -0.4 is 14.8 Å². The van der Waals surface area contributed by atoms with Crippen molar-refractivity contribution in [1.82, 2.24) is 0 Å². The number of amides is 1. The molecule has 0 spiro atoms. The Balaban J connectivity index is 2.14. The Bertz CT molecular complexity index is 942. The van der Waals surface area contributed by atoms with Crippen molar-refractivity contribution >= 4 is 17.7 Å². The molecule has 5 heteroatoms. The van der Waals surface area contributed by atoms with E-state index in [0.717, 1.165) is 18.4 Å². The van der Waals surface area contributed by atoms with Crippen LogP contribution in [0.2, 0.25) is 0 Å². The number of ether oxygens (including phenoxy) is 2. The third kappa shape index (κ3) is 7.18. The largest absolute Gasteiger partial charge is 0.493 e. The number of benzene rings is 2. The molecule has 0 radical (unpaired) electrons. The van der Waals surface area contributed by atoms with Crippen LogP contribution >= 0.6 is 0 Å². The van der Waals surface area contributed by atoms with Crippen LogP contribution in [0.25, 0.3) is 6.08 Å². The first-order valence-corrected chi connectivity index (χ1v) is 10.8. The van der Waals surface area contributed by atoms with Gasteiger partial charge in [-0.15, -0.1) is 0 Å². The summed E-state index contributed by atoms with van der Waals surface area (Å²) in [6.07, 6.45) is 6.07. The Kier molecular flexibility index (Phi) is 9.64. The molecule has 0 bridgehead atoms. The third-order valence-electron chi connectivity index (χ3n) is 4.95. The summed E-state index contributed by atoms with van der Waals surface area (Å²) < 4.78 is 11.3. The minimum Gasteiger partial charge on any atom is -0.493 e. The van der Waals surface area contributed by atoms with E-state index < -0.39 is 5.91 Å². The smallest absolute Gasteiger partial charge is 0.266 e. The number of hydrogen-bond acceptors (Lipinski definition) is 4. The van der Waals surface area contributed by atoms with Gasteiger partial charge in [-0.1, -0.05) is 64.3 Å². The number of anilines is 1. The van der Waals surface area contributed by atoms with Crippen LogP contribution in [0.1, 0.15) is 63.5 Å². The monoisotopic (exact) mass is 420 g/mol. The van der Waals surface area contributed by atoms with Gasteiger partial charge in [0.25, 0.3) is 5.91 Å². The molecule has 0 aliphatic rings. The molecule has 0 unspecified atom stereocenters. The zero-order chi connectivity index (χ0) is 22.6. The quantitative estimate of drug-likeness (QED) is 0.262. The van der Waals surface area contributed by atoms with Crippen LogP contribution in [0.5, 0.6) is 11.5 Å². The summed E-state index contributed by atoms with van der Waals surface area (Å²) in [5, 5.41) is 12.4. The number of unbranched alkanes of at least 4 members (excludes halogenated alkanes) is 3. The van der Waals surface area contributed by atoms with Gasteiger partial charge in [0.2, 0.25) is 0 Å². The first kappa shape index (κ1) is 24.0. The minimum atomic E-state index is -0.439. The molecule has 2 rings (SSSR count). The molecule has 2 aromatic rings. The second-order valence-corrected chi connectivity index (χ2v) is 7.69. The molecule has 1 N–H and O–H groups in total. The Morgan fingerprint density at radius 1 is 1.13 bits per heavy atom. The van der Waals surface area contributed by atoms with Crippen LogP contribution in [0.15, 0.2) is 48.0 Å². The van der Waals surface area contributed by atoms with Gasteiger partial charge in [0, 0.05) is 5.69 Å². The molecular formula is C26H32N2O3. The molecule has 0 aliphatic heterocycles. The van der Waals surface area contributed by atoms with E-state index in [4.69, 9.17) is 9.47 Å². The maximum Gasteiger partial charge on any atom is 0.266 e. The zero-order valence-corrected chi connectivity index (χ0v) is 18.9. The van der Waals surface area contributed by atoms with Crippen molar-refractivity contribution < 1.29 is 14.3 Å². The predicted octanol–water partition coefficient (Wildman–Crippen LogP) is 6.32. The Morgan fingerprint density at radius 3 is 2.58 bits per heavy atom. The summed E-state index contributed by atoms with van der Waals surface area (Å²) in [6.45, 7) is 6.93. The molecule has 0 saturated carbocycles. The first-order chi connectivity index (χ1) is 15.0. The van der Waals surface area contributed by atoms with Crippen molar-refractivity contribution in [2.45, 2.75) is 52.4 Å². The summed E-state index contributed by atoms with van der Waals surface area (Å²) in [6, 6.07) is 15.0. The second kappa shape index (κ2) is 12.4. The van der Waals surface area contributed by atoms with Crippen molar-refractivity contribution in [3.8, 4) is 17.6 Å². The number of carbonyl (C=O) groups is 1. The molecule has 2 aromatic carbocycles. The third-order valence-corrected chi connectivity index (χ3v) is 4.95. The molecular weight excluding hydrogens is 388 g/mol. The highest BCUT2D eigenvalue weighted by Gasteiger charge is 2.14. The van der Waals surface area contributed by atoms with Crippen LogP contribution in [-0.4, -0.2) is 19.6 Å². The number of methoxy groups -OCH3 is 1. The van der Waals surface area contributed by atoms with E-state index in [1.807, 2.05) is 42.5 Å². The second-order valence-electron chi connectivity index (χ2n) is 7.69. The Morgan fingerprint density at radius 2 is 1.90 bits per heavy atom. The van der Waals surface area contributed by atoms with E-state index in [0.29, 0.717) is 29.4 Å². The zero-order valence-electron chi connectivity index (χ0n) is 18.9. The standard InChI is InChI=1S/C26H32N2O3/c1-5-6-7-10-15-31-24-14-13-20(17-25(24)30-4)16-21(18-27)26(29)28-23-12-9-8-11-22(23)19(2)3/h8-9,11-14,16-17,19H,5-7,10,15H2,1-4H3,(H,28,29)/b21-16+. The van der Waals surface area contributed by atoms with E-state index in [2.05, 4.69) is 26.1 Å². The van der Waals surface area contributed by atoms with Gasteiger partial charge in [-0.2, -0.15) is 5.26 Å². The van der Waals surface area contributed by atoms with Crippen molar-refractivity contribution in [2.24, 2.45) is 0 Å². The normalized spacial score (nSPS) is 11.2. The topological polar surface area (TPSA) is 71.3 Å². The lowest BCUT2D eigenvalue weighted by molar-refractivity contribution is -0.112. The highest BCUT2D eigenvalue weighted by Crippen LogP contribution is 2.29. The molecule has 31 heavy (non-hydrogen) atoms. The molecule has 0 aliphatic carbocycles. The first-order valence-electron chi connectivity index (χ1n) is 10.8. The summed E-state index contributed by atoms with van der Waals surface area (Å²) in [5.41, 5.74) is 2.45. The fraction of sp³-hybridized carbons (Fsp3) is 0.385. The number of hydrogen-bond donors (Lipinski definition) is 1. The maximum atomic E-state index is 12.7. The van der Waals surface area contributed by atoms with E-state index in [9.17, 15) is 10.1 Å². The maximum absolute atomic E-state index is 12.7. The molecule has 0 aromatic heterocycles. The average Bonchev–Trinajstić information content (AvgIpc) is 2.77. The summed E-state index contributed by atoms with van der Waals surface area (Å²) >= 11 is 0. The highest BCUT2D eigenvalue weighted by molar-refractivity contribution is 6.10. The van der Waals surface area contributed by atoms with Crippen molar-refractivity contribution in [2.75, 3.05) is 19.0 Å². The molecule has 164 valence electrons. The molecule has 0 atom stereocenters. The van der Waals surface area contributed by atoms with E-state index in [-0.39, 0.29) is 11.5 Å². The van der Waals surface area contributed by atoms with Crippen LogP contribution in [0.3, 0.4) is 0 Å². The average molecular weight is 421 g/mol. The van der Waals surface area contributed by atoms with Gasteiger partial charge in [0.15, 0.2) is 11.5 Å². The van der Waals surface area contributed by atoms with E-state index >= 15 is 0 Å². The van der Waals surface area contributed by atoms with Crippen LogP contribution in [0.4, 0.5) is 5.69 Å². The number of nitrogens with zero attached hydrogens (tertiary/aromatic N) is 1. The SMILES string of the molecule is CCCCCCOc1ccc(/C=C(\C#N)C(=O)Nc2ccccc2C(C)C)cc1OC. The number of nitriles is 1. The number of carbonyl (C=O) groups excluding carboxylic acids is 1. The molecule has 0 heterocycles. The van der Waals surface area contributed by atoms with Gasteiger partial charge < -0.3 is 14.8 Å². The molecule has 0 fully saturated rings. The van der Waals surface area contributed by atoms with Crippen molar-refractivity contribution in [3.05, 3.63) is 59.2 Å². The lowest BCUT2D eigenvalue weighted by Crippen LogP contribution is -2.15. The van der Waals surface area contributed by atoms with Gasteiger partial charge in [-0.25, -0.2) is 0 Å². The van der Waals surface area contributed by atoms with Gasteiger partial charge in [0.05, 0.1) is 13.7 Å². The fourth-order valence-corrected chi connectivity index (χ4v) is 3.22. The van der Waals surface area contributed by atoms with Crippen LogP contribution in [-0.2, 0) is 4.79 Å². The molecule has 1 amide bonds. The van der Waals surface area contributed by atoms with E-state index in [1.165, 1.54) is 12.8 Å². The van der Waals surface area contributed by atoms with Crippen molar-refractivity contribution in [1.29, 1.82) is 5.26 Å². The summed E-state index contributed by atoms with van der Waals surface area (Å²) in [7, 11) is 1.58. The lowest BCUT2D eigenvalue weighted by atomic mass is 10.0. The fourth-order valence-electron chi connectivity index (χ4n) is 3.22. The van der Waals surface area contributed by atoms with Gasteiger partial charge >= 0.3 is 0 Å². The minimum absolute atomic E-state index is 0.0221.